The minimum Gasteiger partial charge on any atom is -0.387 e. The summed E-state index contributed by atoms with van der Waals surface area (Å²) in [5.41, 5.74) is 4.47. The maximum Gasteiger partial charge on any atom is 0.472 e. The number of rotatable bonds is 29. The van der Waals surface area contributed by atoms with Crippen LogP contribution in [-0.4, -0.2) is 80.5 Å². The van der Waals surface area contributed by atoms with Gasteiger partial charge in [-0.25, -0.2) is 18.5 Å². The summed E-state index contributed by atoms with van der Waals surface area (Å²) >= 11 is 0. The summed E-state index contributed by atoms with van der Waals surface area (Å²) in [4.78, 5) is 14.5. The molecule has 0 bridgehead atoms. The quantitative estimate of drug-likeness (QED) is 0.0402. The number of nitrogen functional groups attached to an aromatic ring is 1. The maximum absolute atomic E-state index is 14.6. The Balaban J connectivity index is 1.20. The van der Waals surface area contributed by atoms with Crippen LogP contribution in [0.5, 0.6) is 0 Å². The number of fused-ring (bicyclic) bond motifs is 1. The number of hydrogen-bond acceptors (Lipinski definition) is 13. The summed E-state index contributed by atoms with van der Waals surface area (Å²) in [5.74, 6) is -0.533. The van der Waals surface area contributed by atoms with Crippen LogP contribution >= 0.6 is 7.82 Å². The van der Waals surface area contributed by atoms with E-state index in [1.807, 2.05) is 12.1 Å². The number of unbranched alkanes of at least 4 members (excludes halogenated alkanes) is 15. The van der Waals surface area contributed by atoms with E-state index in [0.717, 1.165) is 31.7 Å². The average molecular weight is 831 g/mol. The summed E-state index contributed by atoms with van der Waals surface area (Å²) in [6.07, 6.45) is 15.3. The summed E-state index contributed by atoms with van der Waals surface area (Å²) in [7, 11) is -4.84. The van der Waals surface area contributed by atoms with Gasteiger partial charge in [-0.05, 0) is 30.7 Å². The first kappa shape index (κ1) is 47.1. The molecule has 5 N–H and O–H groups in total. The minimum atomic E-state index is -4.84. The summed E-state index contributed by atoms with van der Waals surface area (Å²) < 4.78 is 56.7. The molecule has 3 heterocycles. The first-order chi connectivity index (χ1) is 28.0. The van der Waals surface area contributed by atoms with Crippen molar-refractivity contribution in [3.8, 4) is 12.1 Å². The van der Waals surface area contributed by atoms with Gasteiger partial charge in [-0.2, -0.15) is 15.6 Å². The van der Waals surface area contributed by atoms with Gasteiger partial charge in [0.1, 0.15) is 48.1 Å². The second-order valence-corrected chi connectivity index (χ2v) is 16.3. The van der Waals surface area contributed by atoms with Gasteiger partial charge in [0.25, 0.3) is 0 Å². The zero-order valence-electron chi connectivity index (χ0n) is 33.6. The predicted molar refractivity (Wildman–Crippen MR) is 213 cm³/mol. The molecule has 1 aliphatic heterocycles. The molecule has 15 nitrogen and oxygen atoms in total. The summed E-state index contributed by atoms with van der Waals surface area (Å²) in [6.45, 7) is 1.18. The van der Waals surface area contributed by atoms with E-state index in [4.69, 9.17) is 34.3 Å². The Morgan fingerprint density at radius 1 is 0.948 bits per heavy atom. The third-order valence-electron chi connectivity index (χ3n) is 10.4. The third-order valence-corrected chi connectivity index (χ3v) is 11.4. The highest BCUT2D eigenvalue weighted by Crippen LogP contribution is 2.46. The van der Waals surface area contributed by atoms with E-state index in [0.29, 0.717) is 12.1 Å². The lowest BCUT2D eigenvalue weighted by atomic mass is 9.92. The Morgan fingerprint density at radius 2 is 1.59 bits per heavy atom. The lowest BCUT2D eigenvalue weighted by molar-refractivity contribution is -0.0691. The molecule has 0 aliphatic carbocycles. The van der Waals surface area contributed by atoms with Crippen LogP contribution in [0.2, 0.25) is 0 Å². The van der Waals surface area contributed by atoms with Crippen molar-refractivity contribution in [2.75, 3.05) is 32.2 Å². The molecule has 320 valence electrons. The zero-order chi connectivity index (χ0) is 41.8. The van der Waals surface area contributed by atoms with Gasteiger partial charge in [0, 0.05) is 12.2 Å². The van der Waals surface area contributed by atoms with Gasteiger partial charge in [-0.15, -0.1) is 0 Å². The van der Waals surface area contributed by atoms with Crippen molar-refractivity contribution >= 4 is 19.2 Å². The number of hydrogen-bond donors (Lipinski definition) is 4. The van der Waals surface area contributed by atoms with Gasteiger partial charge in [0.05, 0.1) is 43.8 Å². The van der Waals surface area contributed by atoms with E-state index in [-0.39, 0.29) is 35.9 Å². The number of phosphoric acid groups is 1. The van der Waals surface area contributed by atoms with Gasteiger partial charge in [-0.1, -0.05) is 109 Å². The molecule has 0 saturated carbocycles. The van der Waals surface area contributed by atoms with Crippen LogP contribution in [0.4, 0.5) is 10.2 Å². The SMILES string of the molecule is CCCCCCCCCCCCCCCCCCOCC(COP(=O)(O)OC[C@H]1O[C@@](C#N)(c2ccc3c(N)ncnn23)[C@H](O)[C@@H]1O)OCc1ccc(C#N)cc1F. The van der Waals surface area contributed by atoms with Crippen molar-refractivity contribution < 1.29 is 47.3 Å². The Labute approximate surface area is 340 Å². The molecule has 1 aromatic carbocycles. The first-order valence-corrected chi connectivity index (χ1v) is 22.1. The predicted octanol–water partition coefficient (Wildman–Crippen LogP) is 7.16. The Kier molecular flexibility index (Phi) is 19.9. The van der Waals surface area contributed by atoms with Gasteiger partial charge in [0.15, 0.2) is 5.82 Å². The summed E-state index contributed by atoms with van der Waals surface area (Å²) in [6, 6.07) is 10.7. The highest BCUT2D eigenvalue weighted by atomic mass is 31.2. The van der Waals surface area contributed by atoms with Crippen LogP contribution in [-0.2, 0) is 40.0 Å². The van der Waals surface area contributed by atoms with Crippen molar-refractivity contribution in [2.24, 2.45) is 0 Å². The number of benzene rings is 1. The molecule has 3 aromatic rings. The number of nitrogens with two attached hydrogens (primary N) is 1. The lowest BCUT2D eigenvalue weighted by Crippen LogP contribution is -2.41. The highest BCUT2D eigenvalue weighted by Gasteiger charge is 2.58. The Hall–Kier alpha value is -3.54. The number of ether oxygens (including phenoxy) is 3. The number of nitriles is 2. The number of anilines is 1. The van der Waals surface area contributed by atoms with E-state index < -0.39 is 56.9 Å². The average Bonchev–Trinajstić information content (AvgIpc) is 3.77. The molecule has 1 fully saturated rings. The standard InChI is InChI=1S/C41H60FN6O9P/c1-2-3-4-5-6-7-8-9-10-11-12-13-14-15-16-17-22-53-26-33(54-25-32-19-18-31(24-43)23-34(32)42)27-55-58(51,52)56-28-36-38(49)39(50)41(29-44,57-36)37-21-20-35-40(45)46-30-47-48(35)37/h18-21,23,30,33,36,38-39,49-50H,2-17,22,25-28H2,1H3,(H,51,52)(H2,45,46,47)/t33?,36-,38-,39-,41+/m1/s1. The molecular weight excluding hydrogens is 770 g/mol. The molecule has 1 saturated heterocycles. The molecule has 2 aromatic heterocycles. The topological polar surface area (TPSA) is 228 Å². The molecule has 58 heavy (non-hydrogen) atoms. The van der Waals surface area contributed by atoms with Crippen LogP contribution in [0, 0.1) is 28.5 Å². The monoisotopic (exact) mass is 830 g/mol. The van der Waals surface area contributed by atoms with Crippen LogP contribution in [0.25, 0.3) is 5.52 Å². The van der Waals surface area contributed by atoms with Gasteiger partial charge >= 0.3 is 7.82 Å². The molecule has 1 aliphatic rings. The van der Waals surface area contributed by atoms with Crippen molar-refractivity contribution in [1.29, 1.82) is 10.5 Å². The zero-order valence-corrected chi connectivity index (χ0v) is 34.4. The molecular formula is C41H60FN6O9P. The number of aromatic nitrogens is 3. The van der Waals surface area contributed by atoms with Crippen LogP contribution < -0.4 is 5.73 Å². The van der Waals surface area contributed by atoms with E-state index in [2.05, 4.69) is 17.0 Å². The Bertz CT molecular complexity index is 1820. The fraction of sp³-hybridized carbons (Fsp3) is 0.659. The van der Waals surface area contributed by atoms with Crippen molar-refractivity contribution in [3.05, 3.63) is 59.3 Å². The molecule has 0 spiro atoms. The minimum absolute atomic E-state index is 0.0304. The smallest absolute Gasteiger partial charge is 0.387 e. The molecule has 0 radical (unpaired) electrons. The van der Waals surface area contributed by atoms with E-state index in [1.54, 1.807) is 0 Å². The largest absolute Gasteiger partial charge is 0.472 e. The van der Waals surface area contributed by atoms with Crippen molar-refractivity contribution in [3.63, 3.8) is 0 Å². The van der Waals surface area contributed by atoms with Crippen molar-refractivity contribution in [2.45, 2.75) is 146 Å². The second-order valence-electron chi connectivity index (χ2n) is 14.9. The van der Waals surface area contributed by atoms with Crippen LogP contribution in [0.1, 0.15) is 126 Å². The van der Waals surface area contributed by atoms with Gasteiger partial charge in [-0.3, -0.25) is 9.05 Å². The number of aliphatic hydroxyl groups excluding tert-OH is 2. The number of aliphatic hydroxyl groups is 2. The molecule has 4 rings (SSSR count). The lowest BCUT2D eigenvalue weighted by Gasteiger charge is -2.24. The van der Waals surface area contributed by atoms with Gasteiger partial charge < -0.3 is 35.1 Å². The van der Waals surface area contributed by atoms with E-state index >= 15 is 0 Å². The van der Waals surface area contributed by atoms with Gasteiger partial charge in [0.2, 0.25) is 5.60 Å². The molecule has 2 unspecified atom stereocenters. The van der Waals surface area contributed by atoms with Crippen molar-refractivity contribution in [1.82, 2.24) is 14.6 Å². The number of phosphoric ester groups is 1. The molecule has 17 heteroatoms. The molecule has 0 amide bonds. The van der Waals surface area contributed by atoms with E-state index in [9.17, 15) is 29.3 Å². The number of nitrogens with zero attached hydrogens (tertiary/aromatic N) is 5. The van der Waals surface area contributed by atoms with Crippen LogP contribution in [0.3, 0.4) is 0 Å². The highest BCUT2D eigenvalue weighted by molar-refractivity contribution is 7.47. The third kappa shape index (κ3) is 14.0. The molecule has 6 atom stereocenters. The maximum atomic E-state index is 14.6. The van der Waals surface area contributed by atoms with E-state index in [1.165, 1.54) is 112 Å². The second kappa shape index (κ2) is 24.5. The fourth-order valence-electron chi connectivity index (χ4n) is 6.99. The summed E-state index contributed by atoms with van der Waals surface area (Å²) in [5, 5.41) is 45.0. The van der Waals surface area contributed by atoms with Crippen LogP contribution in [0.15, 0.2) is 36.7 Å². The Morgan fingerprint density at radius 3 is 2.19 bits per heavy atom. The fourth-order valence-corrected chi connectivity index (χ4v) is 7.75. The normalized spacial score (nSPS) is 20.8. The first-order valence-electron chi connectivity index (χ1n) is 20.6. The number of halogens is 1.